The predicted molar refractivity (Wildman–Crippen MR) is 63.2 cm³/mol. The van der Waals surface area contributed by atoms with Gasteiger partial charge in [-0.3, -0.25) is 4.79 Å². The average molecular weight is 255 g/mol. The van der Waals surface area contributed by atoms with Gasteiger partial charge in [-0.15, -0.1) is 0 Å². The number of nitrogens with zero attached hydrogens (tertiary/aromatic N) is 1. The van der Waals surface area contributed by atoms with Crippen LogP contribution in [0.2, 0.25) is 5.02 Å². The number of hydrogen-bond donors (Lipinski definition) is 1. The Hall–Kier alpha value is -1.60. The minimum absolute atomic E-state index is 0.110. The lowest BCUT2D eigenvalue weighted by Crippen LogP contribution is -2.33. The van der Waals surface area contributed by atoms with E-state index in [4.69, 9.17) is 16.9 Å². The molecule has 0 fully saturated rings. The Balaban J connectivity index is 2.76. The molecule has 0 aliphatic rings. The molecule has 3 nitrogen and oxygen atoms in total. The molecule has 1 aromatic rings. The maximum atomic E-state index is 12.9. The van der Waals surface area contributed by atoms with Gasteiger partial charge in [0.05, 0.1) is 11.1 Å². The number of carbonyl (C=O) groups is 1. The second-order valence-electron chi connectivity index (χ2n) is 3.57. The van der Waals surface area contributed by atoms with Crippen molar-refractivity contribution in [1.29, 1.82) is 5.26 Å². The van der Waals surface area contributed by atoms with E-state index in [1.807, 2.05) is 13.0 Å². The third-order valence-corrected chi connectivity index (χ3v) is 2.51. The Kier molecular flexibility index (Phi) is 4.92. The maximum absolute atomic E-state index is 12.9. The van der Waals surface area contributed by atoms with Gasteiger partial charge in [-0.1, -0.05) is 24.9 Å². The number of halogens is 2. The first-order valence-corrected chi connectivity index (χ1v) is 5.61. The first-order valence-electron chi connectivity index (χ1n) is 5.24. The number of nitriles is 1. The monoisotopic (exact) mass is 254 g/mol. The fourth-order valence-electron chi connectivity index (χ4n) is 1.34. The molecule has 0 spiro atoms. The fourth-order valence-corrected chi connectivity index (χ4v) is 1.52. The van der Waals surface area contributed by atoms with Crippen LogP contribution >= 0.6 is 11.6 Å². The van der Waals surface area contributed by atoms with E-state index in [9.17, 15) is 9.18 Å². The smallest absolute Gasteiger partial charge is 0.252 e. The van der Waals surface area contributed by atoms with Crippen LogP contribution in [0.3, 0.4) is 0 Å². The Morgan fingerprint density at radius 3 is 2.88 bits per heavy atom. The normalized spacial score (nSPS) is 11.6. The van der Waals surface area contributed by atoms with Crippen LogP contribution in [0, 0.1) is 17.1 Å². The molecule has 0 saturated carbocycles. The van der Waals surface area contributed by atoms with E-state index >= 15 is 0 Å². The van der Waals surface area contributed by atoms with Crippen molar-refractivity contribution in [2.75, 3.05) is 0 Å². The van der Waals surface area contributed by atoms with Crippen molar-refractivity contribution in [2.45, 2.75) is 25.8 Å². The summed E-state index contributed by atoms with van der Waals surface area (Å²) in [5.41, 5.74) is 0.243. The van der Waals surface area contributed by atoms with Crippen molar-refractivity contribution in [3.63, 3.8) is 0 Å². The second-order valence-corrected chi connectivity index (χ2v) is 3.98. The summed E-state index contributed by atoms with van der Waals surface area (Å²) in [7, 11) is 0. The highest BCUT2D eigenvalue weighted by molar-refractivity contribution is 6.31. The molecule has 0 aliphatic heterocycles. The molecule has 17 heavy (non-hydrogen) atoms. The van der Waals surface area contributed by atoms with Gasteiger partial charge in [0, 0.05) is 5.56 Å². The zero-order valence-electron chi connectivity index (χ0n) is 9.34. The van der Waals surface area contributed by atoms with Gasteiger partial charge in [0.1, 0.15) is 11.9 Å². The summed E-state index contributed by atoms with van der Waals surface area (Å²) in [5.74, 6) is -1.000. The van der Waals surface area contributed by atoms with Gasteiger partial charge < -0.3 is 5.32 Å². The Morgan fingerprint density at radius 1 is 1.65 bits per heavy atom. The van der Waals surface area contributed by atoms with Crippen molar-refractivity contribution in [2.24, 2.45) is 0 Å². The molecular formula is C12H12ClFN2O. The van der Waals surface area contributed by atoms with Gasteiger partial charge in [0.2, 0.25) is 0 Å². The van der Waals surface area contributed by atoms with Gasteiger partial charge in [-0.05, 0) is 24.6 Å². The molecule has 0 aromatic heterocycles. The lowest BCUT2D eigenvalue weighted by Gasteiger charge is -2.10. The minimum Gasteiger partial charge on any atom is -0.336 e. The van der Waals surface area contributed by atoms with Crippen molar-refractivity contribution in [1.82, 2.24) is 5.32 Å². The molecule has 0 radical (unpaired) electrons. The molecule has 0 bridgehead atoms. The van der Waals surface area contributed by atoms with Crippen molar-refractivity contribution < 1.29 is 9.18 Å². The highest BCUT2D eigenvalue weighted by Gasteiger charge is 2.13. The van der Waals surface area contributed by atoms with Crippen molar-refractivity contribution in [3.8, 4) is 6.07 Å². The number of carbonyl (C=O) groups excluding carboxylic acids is 1. The number of hydrogen-bond acceptors (Lipinski definition) is 2. The summed E-state index contributed by atoms with van der Waals surface area (Å²) in [6.07, 6.45) is 1.37. The lowest BCUT2D eigenvalue weighted by molar-refractivity contribution is 0.0944. The number of rotatable bonds is 4. The lowest BCUT2D eigenvalue weighted by atomic mass is 10.1. The molecule has 1 rings (SSSR count). The Bertz CT molecular complexity index is 456. The standard InChI is InChI=1S/C12H12ClFN2O/c1-2-3-9(7-15)16-12(17)8-4-5-11(14)10(13)6-8/h4-6,9H,2-3H2,1H3,(H,16,17). The van der Waals surface area contributed by atoms with E-state index in [0.29, 0.717) is 6.42 Å². The van der Waals surface area contributed by atoms with Crippen molar-refractivity contribution >= 4 is 17.5 Å². The molecule has 0 saturated heterocycles. The molecule has 90 valence electrons. The van der Waals surface area contributed by atoms with E-state index < -0.39 is 17.8 Å². The van der Waals surface area contributed by atoms with Crippen LogP contribution in [0.15, 0.2) is 18.2 Å². The van der Waals surface area contributed by atoms with Crippen LogP contribution in [-0.2, 0) is 0 Å². The number of benzene rings is 1. The van der Waals surface area contributed by atoms with Crippen LogP contribution in [0.25, 0.3) is 0 Å². The summed E-state index contributed by atoms with van der Waals surface area (Å²) in [5, 5.41) is 11.2. The Morgan fingerprint density at radius 2 is 2.35 bits per heavy atom. The number of nitrogens with one attached hydrogen (secondary N) is 1. The molecule has 1 atom stereocenters. The van der Waals surface area contributed by atoms with Crippen LogP contribution in [0.5, 0.6) is 0 Å². The van der Waals surface area contributed by atoms with Crippen LogP contribution in [-0.4, -0.2) is 11.9 Å². The molecule has 5 heteroatoms. The zero-order chi connectivity index (χ0) is 12.8. The molecule has 1 N–H and O–H groups in total. The minimum atomic E-state index is -0.575. The highest BCUT2D eigenvalue weighted by Crippen LogP contribution is 2.16. The van der Waals surface area contributed by atoms with Gasteiger partial charge in [0.15, 0.2) is 0 Å². The molecule has 1 unspecified atom stereocenters. The molecule has 0 heterocycles. The summed E-state index contributed by atoms with van der Waals surface area (Å²) >= 11 is 5.57. The van der Waals surface area contributed by atoms with Gasteiger partial charge in [-0.2, -0.15) is 5.26 Å². The molecular weight excluding hydrogens is 243 g/mol. The van der Waals surface area contributed by atoms with Gasteiger partial charge >= 0.3 is 0 Å². The summed E-state index contributed by atoms with van der Waals surface area (Å²) in [4.78, 5) is 11.7. The first kappa shape index (κ1) is 13.5. The van der Waals surface area contributed by atoms with Crippen molar-refractivity contribution in [3.05, 3.63) is 34.6 Å². The zero-order valence-corrected chi connectivity index (χ0v) is 10.1. The molecule has 1 aromatic carbocycles. The first-order chi connectivity index (χ1) is 8.08. The highest BCUT2D eigenvalue weighted by atomic mass is 35.5. The van der Waals surface area contributed by atoms with Crippen LogP contribution in [0.1, 0.15) is 30.1 Å². The van der Waals surface area contributed by atoms with Gasteiger partial charge in [-0.25, -0.2) is 4.39 Å². The van der Waals surface area contributed by atoms with E-state index in [-0.39, 0.29) is 10.6 Å². The topological polar surface area (TPSA) is 52.9 Å². The van der Waals surface area contributed by atoms with E-state index in [1.165, 1.54) is 12.1 Å². The maximum Gasteiger partial charge on any atom is 0.252 e. The van der Waals surface area contributed by atoms with Crippen LogP contribution < -0.4 is 5.32 Å². The summed E-state index contributed by atoms with van der Waals surface area (Å²) < 4.78 is 12.9. The number of amides is 1. The third-order valence-electron chi connectivity index (χ3n) is 2.22. The fraction of sp³-hybridized carbons (Fsp3) is 0.333. The van der Waals surface area contributed by atoms with E-state index in [0.717, 1.165) is 12.5 Å². The quantitative estimate of drug-likeness (QED) is 0.898. The third kappa shape index (κ3) is 3.72. The second kappa shape index (κ2) is 6.21. The van der Waals surface area contributed by atoms with E-state index in [2.05, 4.69) is 5.32 Å². The molecule has 0 aliphatic carbocycles. The predicted octanol–water partition coefficient (Wildman–Crippen LogP) is 2.90. The summed E-state index contributed by atoms with van der Waals surface area (Å²) in [6, 6.07) is 5.16. The summed E-state index contributed by atoms with van der Waals surface area (Å²) in [6.45, 7) is 1.92. The molecule has 1 amide bonds. The van der Waals surface area contributed by atoms with E-state index in [1.54, 1.807) is 0 Å². The van der Waals surface area contributed by atoms with Crippen LogP contribution in [0.4, 0.5) is 4.39 Å². The van der Waals surface area contributed by atoms with Gasteiger partial charge in [0.25, 0.3) is 5.91 Å². The SMILES string of the molecule is CCCC(C#N)NC(=O)c1ccc(F)c(Cl)c1. The Labute approximate surface area is 104 Å². The largest absolute Gasteiger partial charge is 0.336 e. The average Bonchev–Trinajstić information content (AvgIpc) is 2.31.